The average Bonchev–Trinajstić information content (AvgIpc) is 2.67. The number of benzene rings is 1. The lowest BCUT2D eigenvalue weighted by molar-refractivity contribution is -0.120. The normalized spacial score (nSPS) is 12.2. The van der Waals surface area contributed by atoms with Gasteiger partial charge in [-0.3, -0.25) is 14.2 Å². The fraction of sp³-hybridized carbons (Fsp3) is 0.500. The summed E-state index contributed by atoms with van der Waals surface area (Å²) in [5.41, 5.74) is 0.559. The molecule has 0 saturated carbocycles. The Morgan fingerprint density at radius 1 is 1.29 bits per heavy atom. The van der Waals surface area contributed by atoms with Crippen LogP contribution in [0.3, 0.4) is 0 Å². The molecule has 1 atom stereocenters. The van der Waals surface area contributed by atoms with Gasteiger partial charge < -0.3 is 10.1 Å². The number of rotatable bonds is 8. The molecule has 0 spiro atoms. The molecule has 1 amide bonds. The van der Waals surface area contributed by atoms with Gasteiger partial charge in [-0.25, -0.2) is 9.78 Å². The van der Waals surface area contributed by atoms with Gasteiger partial charge in [-0.05, 0) is 37.5 Å². The van der Waals surface area contributed by atoms with Crippen LogP contribution in [-0.4, -0.2) is 40.3 Å². The lowest BCUT2D eigenvalue weighted by Crippen LogP contribution is -2.32. The first-order chi connectivity index (χ1) is 13.3. The molecule has 7 nitrogen and oxygen atoms in total. The van der Waals surface area contributed by atoms with Crippen LogP contribution in [0.5, 0.6) is 0 Å². The van der Waals surface area contributed by atoms with E-state index in [9.17, 15) is 14.4 Å². The number of carbonyl (C=O) groups excluding carboxylic acids is 2. The summed E-state index contributed by atoms with van der Waals surface area (Å²) in [4.78, 5) is 41.7. The number of nitrogens with one attached hydrogen (secondary N) is 1. The second kappa shape index (κ2) is 9.73. The molecule has 2 aromatic rings. The van der Waals surface area contributed by atoms with E-state index in [1.165, 1.54) is 18.9 Å². The number of nitrogens with zero attached hydrogens (tertiary/aromatic N) is 2. The molecule has 0 bridgehead atoms. The average molecular weight is 406 g/mol. The Morgan fingerprint density at radius 2 is 2.00 bits per heavy atom. The van der Waals surface area contributed by atoms with Crippen LogP contribution in [0.1, 0.15) is 44.5 Å². The number of fused-ring (bicyclic) bond motifs is 1. The molecule has 0 aliphatic carbocycles. The predicted molar refractivity (Wildman–Crippen MR) is 111 cm³/mol. The fourth-order valence-corrected chi connectivity index (χ4v) is 3.61. The van der Waals surface area contributed by atoms with Crippen molar-refractivity contribution in [2.24, 2.45) is 5.92 Å². The van der Waals surface area contributed by atoms with Crippen LogP contribution in [0.4, 0.5) is 0 Å². The Kier molecular flexibility index (Phi) is 7.62. The molecule has 1 aromatic heterocycles. The monoisotopic (exact) mass is 405 g/mol. The van der Waals surface area contributed by atoms with Crippen molar-refractivity contribution >= 4 is 34.5 Å². The molecular weight excluding hydrogens is 378 g/mol. The highest BCUT2D eigenvalue weighted by atomic mass is 32.2. The second-order valence-corrected chi connectivity index (χ2v) is 8.29. The third-order valence-corrected chi connectivity index (χ3v) is 5.18. The van der Waals surface area contributed by atoms with Crippen molar-refractivity contribution in [2.45, 2.75) is 51.1 Å². The van der Waals surface area contributed by atoms with Crippen LogP contribution in [0.25, 0.3) is 10.9 Å². The van der Waals surface area contributed by atoms with Gasteiger partial charge in [0.15, 0.2) is 5.16 Å². The molecule has 0 aliphatic rings. The lowest BCUT2D eigenvalue weighted by atomic mass is 10.1. The van der Waals surface area contributed by atoms with Crippen LogP contribution in [0.2, 0.25) is 0 Å². The minimum atomic E-state index is -0.489. The SMILES string of the molecule is CCCNC(=O)C(C)Sc1nc2cc(C(=O)OC)ccc2c(=O)n1CC(C)C. The summed E-state index contributed by atoms with van der Waals surface area (Å²) in [6.45, 7) is 8.91. The van der Waals surface area contributed by atoms with Gasteiger partial charge in [0.05, 0.1) is 28.8 Å². The van der Waals surface area contributed by atoms with Gasteiger partial charge >= 0.3 is 5.97 Å². The number of ether oxygens (including phenoxy) is 1. The number of carbonyl (C=O) groups is 2. The number of hydrogen-bond donors (Lipinski definition) is 1. The number of thioether (sulfide) groups is 1. The smallest absolute Gasteiger partial charge is 0.337 e. The van der Waals surface area contributed by atoms with E-state index in [-0.39, 0.29) is 17.4 Å². The highest BCUT2D eigenvalue weighted by molar-refractivity contribution is 8.00. The van der Waals surface area contributed by atoms with E-state index >= 15 is 0 Å². The molecular formula is C20H27N3O4S. The minimum absolute atomic E-state index is 0.0967. The maximum absolute atomic E-state index is 13.1. The maximum atomic E-state index is 13.1. The van der Waals surface area contributed by atoms with E-state index in [0.717, 1.165) is 6.42 Å². The molecule has 0 aliphatic heterocycles. The molecule has 2 rings (SSSR count). The quantitative estimate of drug-likeness (QED) is 0.413. The Bertz CT molecular complexity index is 924. The molecule has 1 unspecified atom stereocenters. The van der Waals surface area contributed by atoms with Crippen LogP contribution in [0, 0.1) is 5.92 Å². The van der Waals surface area contributed by atoms with E-state index in [4.69, 9.17) is 4.74 Å². The standard InChI is InChI=1S/C20H27N3O4S/c1-6-9-21-17(24)13(4)28-20-22-16-10-14(19(26)27-5)7-8-15(16)18(25)23(20)11-12(2)3/h7-8,10,12-13H,6,9,11H2,1-5H3,(H,21,24). The topological polar surface area (TPSA) is 90.3 Å². The third-order valence-electron chi connectivity index (χ3n) is 4.09. The van der Waals surface area contributed by atoms with Crippen LogP contribution in [-0.2, 0) is 16.1 Å². The van der Waals surface area contributed by atoms with Gasteiger partial charge in [-0.1, -0.05) is 32.5 Å². The zero-order chi connectivity index (χ0) is 20.8. The van der Waals surface area contributed by atoms with E-state index in [1.54, 1.807) is 29.7 Å². The van der Waals surface area contributed by atoms with Crippen molar-refractivity contribution in [1.29, 1.82) is 0 Å². The summed E-state index contributed by atoms with van der Waals surface area (Å²) in [5.74, 6) is -0.355. The molecule has 0 radical (unpaired) electrons. The van der Waals surface area contributed by atoms with E-state index in [1.807, 2.05) is 20.8 Å². The zero-order valence-electron chi connectivity index (χ0n) is 16.9. The second-order valence-electron chi connectivity index (χ2n) is 6.98. The number of aromatic nitrogens is 2. The molecule has 0 saturated heterocycles. The summed E-state index contributed by atoms with van der Waals surface area (Å²) in [6.07, 6.45) is 0.853. The summed E-state index contributed by atoms with van der Waals surface area (Å²) < 4.78 is 6.36. The number of amides is 1. The van der Waals surface area contributed by atoms with Gasteiger partial charge in [0, 0.05) is 13.1 Å². The summed E-state index contributed by atoms with van der Waals surface area (Å²) in [7, 11) is 1.30. The summed E-state index contributed by atoms with van der Waals surface area (Å²) in [5, 5.41) is 3.35. The number of hydrogen-bond acceptors (Lipinski definition) is 6. The molecule has 0 fully saturated rings. The van der Waals surface area contributed by atoms with E-state index in [0.29, 0.717) is 34.7 Å². The van der Waals surface area contributed by atoms with Gasteiger partial charge in [0.25, 0.3) is 5.56 Å². The molecule has 1 aromatic carbocycles. The molecule has 28 heavy (non-hydrogen) atoms. The Labute approximate surface area is 168 Å². The van der Waals surface area contributed by atoms with Crippen molar-refractivity contribution in [3.8, 4) is 0 Å². The van der Waals surface area contributed by atoms with Gasteiger partial charge in [-0.2, -0.15) is 0 Å². The third kappa shape index (κ3) is 5.13. The van der Waals surface area contributed by atoms with Crippen LogP contribution >= 0.6 is 11.8 Å². The van der Waals surface area contributed by atoms with Crippen LogP contribution in [0.15, 0.2) is 28.2 Å². The number of esters is 1. The first kappa shape index (κ1) is 21.9. The van der Waals surface area contributed by atoms with E-state index < -0.39 is 11.2 Å². The minimum Gasteiger partial charge on any atom is -0.465 e. The summed E-state index contributed by atoms with van der Waals surface area (Å²) in [6, 6.07) is 4.71. The fourth-order valence-electron chi connectivity index (χ4n) is 2.67. The molecule has 1 heterocycles. The van der Waals surface area contributed by atoms with E-state index in [2.05, 4.69) is 10.3 Å². The van der Waals surface area contributed by atoms with Crippen molar-refractivity contribution < 1.29 is 14.3 Å². The zero-order valence-corrected chi connectivity index (χ0v) is 17.8. The first-order valence-electron chi connectivity index (χ1n) is 9.35. The maximum Gasteiger partial charge on any atom is 0.337 e. The molecule has 1 N–H and O–H groups in total. The highest BCUT2D eigenvalue weighted by Crippen LogP contribution is 2.24. The van der Waals surface area contributed by atoms with Gasteiger partial charge in [0.2, 0.25) is 5.91 Å². The molecule has 152 valence electrons. The predicted octanol–water partition coefficient (Wildman–Crippen LogP) is 2.85. The largest absolute Gasteiger partial charge is 0.465 e. The van der Waals surface area contributed by atoms with Crippen molar-refractivity contribution in [1.82, 2.24) is 14.9 Å². The molecule has 8 heteroatoms. The Hall–Kier alpha value is -2.35. The van der Waals surface area contributed by atoms with Crippen molar-refractivity contribution in [2.75, 3.05) is 13.7 Å². The lowest BCUT2D eigenvalue weighted by Gasteiger charge is -2.17. The van der Waals surface area contributed by atoms with Crippen molar-refractivity contribution in [3.63, 3.8) is 0 Å². The summed E-state index contributed by atoms with van der Waals surface area (Å²) >= 11 is 1.24. The Balaban J connectivity index is 2.52. The van der Waals surface area contributed by atoms with Crippen LogP contribution < -0.4 is 10.9 Å². The first-order valence-corrected chi connectivity index (χ1v) is 10.2. The highest BCUT2D eigenvalue weighted by Gasteiger charge is 2.20. The van der Waals surface area contributed by atoms with Gasteiger partial charge in [0.1, 0.15) is 0 Å². The van der Waals surface area contributed by atoms with Crippen molar-refractivity contribution in [3.05, 3.63) is 34.1 Å². The van der Waals surface area contributed by atoms with Gasteiger partial charge in [-0.15, -0.1) is 0 Å². The number of methoxy groups -OCH3 is 1. The Morgan fingerprint density at radius 3 is 2.61 bits per heavy atom.